The second-order valence-corrected chi connectivity index (χ2v) is 6.50. The maximum atomic E-state index is 5.35. The number of benzene rings is 2. The minimum absolute atomic E-state index is 0.741. The molecule has 3 aromatic rings. The molecular weight excluding hydrogens is 417 g/mol. The van der Waals surface area contributed by atoms with Crippen LogP contribution >= 0.6 is 22.6 Å². The molecule has 0 amide bonds. The van der Waals surface area contributed by atoms with Crippen molar-refractivity contribution < 1.29 is 9.47 Å². The van der Waals surface area contributed by atoms with Gasteiger partial charge in [-0.05, 0) is 64.9 Å². The van der Waals surface area contributed by atoms with Gasteiger partial charge in [-0.3, -0.25) is 0 Å². The number of hydrogen-bond acceptors (Lipinski definition) is 5. The van der Waals surface area contributed by atoms with Gasteiger partial charge in [0.05, 0.1) is 19.7 Å². The van der Waals surface area contributed by atoms with Gasteiger partial charge in [-0.15, -0.1) is 0 Å². The average molecular weight is 435 g/mol. The van der Waals surface area contributed by atoms with Gasteiger partial charge in [-0.1, -0.05) is 6.07 Å². The Bertz CT molecular complexity index is 855. The SMILES string of the molecule is COc1ccc(CCNc2ncnc3ccc(I)cc23)cc1OC. The molecule has 0 spiro atoms. The molecule has 2 aromatic carbocycles. The van der Waals surface area contributed by atoms with Gasteiger partial charge in [-0.2, -0.15) is 0 Å². The van der Waals surface area contributed by atoms with Crippen molar-refractivity contribution in [3.05, 3.63) is 51.9 Å². The van der Waals surface area contributed by atoms with E-state index in [1.807, 2.05) is 30.3 Å². The van der Waals surface area contributed by atoms with Gasteiger partial charge in [-0.25, -0.2) is 9.97 Å². The van der Waals surface area contributed by atoms with E-state index in [9.17, 15) is 0 Å². The van der Waals surface area contributed by atoms with E-state index in [2.05, 4.69) is 43.9 Å². The van der Waals surface area contributed by atoms with Gasteiger partial charge < -0.3 is 14.8 Å². The third kappa shape index (κ3) is 3.69. The lowest BCUT2D eigenvalue weighted by Crippen LogP contribution is -2.07. The molecule has 0 radical (unpaired) electrons. The molecular formula is C18H18IN3O2. The molecule has 0 aliphatic rings. The summed E-state index contributed by atoms with van der Waals surface area (Å²) in [5.41, 5.74) is 2.12. The van der Waals surface area contributed by atoms with Gasteiger partial charge in [0, 0.05) is 15.5 Å². The largest absolute Gasteiger partial charge is 0.493 e. The number of ether oxygens (including phenoxy) is 2. The molecule has 124 valence electrons. The first-order chi connectivity index (χ1) is 11.7. The highest BCUT2D eigenvalue weighted by atomic mass is 127. The summed E-state index contributed by atoms with van der Waals surface area (Å²) in [6.07, 6.45) is 2.45. The van der Waals surface area contributed by atoms with Crippen molar-refractivity contribution in [3.8, 4) is 11.5 Å². The Morgan fingerprint density at radius 2 is 1.83 bits per heavy atom. The summed E-state index contributed by atoms with van der Waals surface area (Å²) in [6.45, 7) is 0.771. The molecule has 0 atom stereocenters. The normalized spacial score (nSPS) is 10.6. The van der Waals surface area contributed by atoms with Crippen molar-refractivity contribution >= 4 is 39.3 Å². The molecule has 0 aliphatic heterocycles. The maximum absolute atomic E-state index is 5.35. The lowest BCUT2D eigenvalue weighted by Gasteiger charge is -2.11. The van der Waals surface area contributed by atoms with Crippen LogP contribution in [0.5, 0.6) is 11.5 Å². The number of halogens is 1. The van der Waals surface area contributed by atoms with Crippen LogP contribution in [-0.2, 0) is 6.42 Å². The molecule has 0 saturated heterocycles. The van der Waals surface area contributed by atoms with Crippen LogP contribution in [0.4, 0.5) is 5.82 Å². The number of nitrogens with one attached hydrogen (secondary N) is 1. The van der Waals surface area contributed by atoms with Crippen molar-refractivity contribution in [2.24, 2.45) is 0 Å². The number of methoxy groups -OCH3 is 2. The Kier molecular flexibility index (Phi) is 5.34. The van der Waals surface area contributed by atoms with Crippen LogP contribution in [0.25, 0.3) is 10.9 Å². The van der Waals surface area contributed by atoms with Crippen LogP contribution in [0.1, 0.15) is 5.56 Å². The van der Waals surface area contributed by atoms with Crippen LogP contribution in [0.15, 0.2) is 42.7 Å². The third-order valence-corrected chi connectivity index (χ3v) is 4.42. The van der Waals surface area contributed by atoms with Crippen LogP contribution in [0.2, 0.25) is 0 Å². The van der Waals surface area contributed by atoms with Gasteiger partial charge >= 0.3 is 0 Å². The van der Waals surface area contributed by atoms with Crippen LogP contribution in [0, 0.1) is 3.57 Å². The van der Waals surface area contributed by atoms with Crippen LogP contribution in [-0.4, -0.2) is 30.7 Å². The smallest absolute Gasteiger partial charge is 0.160 e. The van der Waals surface area contributed by atoms with Crippen molar-refractivity contribution in [2.45, 2.75) is 6.42 Å². The number of rotatable bonds is 6. The quantitative estimate of drug-likeness (QED) is 0.596. The van der Waals surface area contributed by atoms with E-state index < -0.39 is 0 Å². The van der Waals surface area contributed by atoms with E-state index in [1.165, 1.54) is 5.56 Å². The van der Waals surface area contributed by atoms with E-state index in [1.54, 1.807) is 20.5 Å². The molecule has 0 saturated carbocycles. The molecule has 0 fully saturated rings. The fourth-order valence-corrected chi connectivity index (χ4v) is 3.02. The van der Waals surface area contributed by atoms with Crippen LogP contribution < -0.4 is 14.8 Å². The molecule has 1 heterocycles. The molecule has 3 rings (SSSR count). The molecule has 0 aliphatic carbocycles. The van der Waals surface area contributed by atoms with Gasteiger partial charge in [0.15, 0.2) is 11.5 Å². The molecule has 0 unspecified atom stereocenters. The summed E-state index contributed by atoms with van der Waals surface area (Å²) in [5.74, 6) is 2.35. The minimum atomic E-state index is 0.741. The van der Waals surface area contributed by atoms with Crippen LogP contribution in [0.3, 0.4) is 0 Å². The summed E-state index contributed by atoms with van der Waals surface area (Å²) in [7, 11) is 3.29. The van der Waals surface area contributed by atoms with Gasteiger partial charge in [0.1, 0.15) is 12.1 Å². The van der Waals surface area contributed by atoms with Gasteiger partial charge in [0.2, 0.25) is 0 Å². The number of hydrogen-bond donors (Lipinski definition) is 1. The van der Waals surface area contributed by atoms with Crippen molar-refractivity contribution in [1.82, 2.24) is 9.97 Å². The highest BCUT2D eigenvalue weighted by molar-refractivity contribution is 14.1. The van der Waals surface area contributed by atoms with E-state index in [-0.39, 0.29) is 0 Å². The minimum Gasteiger partial charge on any atom is -0.493 e. The molecule has 5 nitrogen and oxygen atoms in total. The third-order valence-electron chi connectivity index (χ3n) is 3.75. The fourth-order valence-electron chi connectivity index (χ4n) is 2.53. The lowest BCUT2D eigenvalue weighted by molar-refractivity contribution is 0.354. The zero-order valence-corrected chi connectivity index (χ0v) is 15.7. The highest BCUT2D eigenvalue weighted by Gasteiger charge is 2.06. The zero-order valence-electron chi connectivity index (χ0n) is 13.5. The number of anilines is 1. The molecule has 0 bridgehead atoms. The molecule has 1 N–H and O–H groups in total. The Morgan fingerprint density at radius 1 is 1.00 bits per heavy atom. The van der Waals surface area contributed by atoms with Crippen molar-refractivity contribution in [3.63, 3.8) is 0 Å². The number of nitrogens with zero attached hydrogens (tertiary/aromatic N) is 2. The summed E-state index contributed by atoms with van der Waals surface area (Å²) in [6, 6.07) is 12.1. The summed E-state index contributed by atoms with van der Waals surface area (Å²) < 4.78 is 11.8. The predicted molar refractivity (Wildman–Crippen MR) is 104 cm³/mol. The first kappa shape index (κ1) is 16.8. The lowest BCUT2D eigenvalue weighted by atomic mass is 10.1. The Balaban J connectivity index is 1.72. The number of fused-ring (bicyclic) bond motifs is 1. The Morgan fingerprint density at radius 3 is 2.62 bits per heavy atom. The topological polar surface area (TPSA) is 56.3 Å². The Hall–Kier alpha value is -2.09. The second-order valence-electron chi connectivity index (χ2n) is 5.25. The molecule has 6 heteroatoms. The maximum Gasteiger partial charge on any atom is 0.160 e. The first-order valence-corrected chi connectivity index (χ1v) is 8.64. The highest BCUT2D eigenvalue weighted by Crippen LogP contribution is 2.28. The fraction of sp³-hybridized carbons (Fsp3) is 0.222. The monoisotopic (exact) mass is 435 g/mol. The van der Waals surface area contributed by atoms with Crippen molar-refractivity contribution in [2.75, 3.05) is 26.1 Å². The van der Waals surface area contributed by atoms with E-state index in [0.717, 1.165) is 44.8 Å². The summed E-state index contributed by atoms with van der Waals surface area (Å²) in [5, 5.41) is 4.44. The van der Waals surface area contributed by atoms with E-state index in [4.69, 9.17) is 9.47 Å². The summed E-state index contributed by atoms with van der Waals surface area (Å²) >= 11 is 2.30. The second kappa shape index (κ2) is 7.65. The van der Waals surface area contributed by atoms with E-state index >= 15 is 0 Å². The molecule has 1 aromatic heterocycles. The standard InChI is InChI=1S/C18H18IN3O2/c1-23-16-6-3-12(9-17(16)24-2)7-8-20-18-14-10-13(19)4-5-15(14)21-11-22-18/h3-6,9-11H,7-8H2,1-2H3,(H,20,21,22). The zero-order chi connectivity index (χ0) is 16.9. The first-order valence-electron chi connectivity index (χ1n) is 7.56. The van der Waals surface area contributed by atoms with Crippen molar-refractivity contribution in [1.29, 1.82) is 0 Å². The average Bonchev–Trinajstić information content (AvgIpc) is 2.62. The summed E-state index contributed by atoms with van der Waals surface area (Å²) in [4.78, 5) is 8.68. The van der Waals surface area contributed by atoms with E-state index in [0.29, 0.717) is 0 Å². The van der Waals surface area contributed by atoms with Gasteiger partial charge in [0.25, 0.3) is 0 Å². The predicted octanol–water partition coefficient (Wildman–Crippen LogP) is 3.91. The number of aromatic nitrogens is 2. The Labute approximate surface area is 154 Å². The molecule has 24 heavy (non-hydrogen) atoms.